The van der Waals surface area contributed by atoms with E-state index in [1.807, 2.05) is 49.4 Å². The molecule has 148 valence electrons. The van der Waals surface area contributed by atoms with Crippen LogP contribution in [0, 0.1) is 6.92 Å². The van der Waals surface area contributed by atoms with Crippen molar-refractivity contribution >= 4 is 34.7 Å². The molecule has 0 aromatic heterocycles. The predicted octanol–water partition coefficient (Wildman–Crippen LogP) is 5.73. The topological polar surface area (TPSA) is 55.4 Å². The Morgan fingerprint density at radius 1 is 0.966 bits per heavy atom. The summed E-state index contributed by atoms with van der Waals surface area (Å²) in [5, 5.41) is 3.64. The van der Waals surface area contributed by atoms with Gasteiger partial charge in [0.15, 0.2) is 5.78 Å². The number of benzene rings is 3. The van der Waals surface area contributed by atoms with Crippen molar-refractivity contribution in [1.29, 1.82) is 0 Å². The van der Waals surface area contributed by atoms with E-state index in [4.69, 9.17) is 16.3 Å². The average molecular weight is 408 g/mol. The largest absolute Gasteiger partial charge is 0.466 e. The summed E-state index contributed by atoms with van der Waals surface area (Å²) < 4.78 is 5.04. The maximum atomic E-state index is 12.8. The highest BCUT2D eigenvalue weighted by Crippen LogP contribution is 2.28. The number of aryl methyl sites for hydroxylation is 1. The highest BCUT2D eigenvalue weighted by Gasteiger charge is 2.15. The monoisotopic (exact) mass is 407 g/mol. The van der Waals surface area contributed by atoms with Crippen molar-refractivity contribution in [3.63, 3.8) is 0 Å². The zero-order valence-electron chi connectivity index (χ0n) is 16.4. The van der Waals surface area contributed by atoms with E-state index in [2.05, 4.69) is 5.32 Å². The van der Waals surface area contributed by atoms with Crippen LogP contribution in [0.25, 0.3) is 0 Å². The summed E-state index contributed by atoms with van der Waals surface area (Å²) in [4.78, 5) is 24.7. The molecule has 0 aliphatic carbocycles. The standard InChI is InChI=1S/C24H22ClNO3/c1-3-29-23(27)14-17-9-5-7-11-22(17)26-18-12-13-20(21(25)15-18)24(28)19-10-6-4-8-16(19)2/h4-13,15,26H,3,14H2,1-2H3. The van der Waals surface area contributed by atoms with Gasteiger partial charge in [0.1, 0.15) is 0 Å². The van der Waals surface area contributed by atoms with Crippen LogP contribution < -0.4 is 5.32 Å². The zero-order valence-corrected chi connectivity index (χ0v) is 17.1. The molecule has 0 aliphatic heterocycles. The lowest BCUT2D eigenvalue weighted by molar-refractivity contribution is -0.142. The molecule has 29 heavy (non-hydrogen) atoms. The minimum absolute atomic E-state index is 0.109. The van der Waals surface area contributed by atoms with Gasteiger partial charge in [-0.05, 0) is 49.2 Å². The van der Waals surface area contributed by atoms with Crippen molar-refractivity contribution in [1.82, 2.24) is 0 Å². The third-order valence-corrected chi connectivity index (χ3v) is 4.85. The minimum Gasteiger partial charge on any atom is -0.466 e. The van der Waals surface area contributed by atoms with E-state index in [-0.39, 0.29) is 18.2 Å². The molecule has 3 aromatic carbocycles. The molecule has 3 aromatic rings. The summed E-state index contributed by atoms with van der Waals surface area (Å²) in [6.45, 7) is 4.03. The minimum atomic E-state index is -0.279. The van der Waals surface area contributed by atoms with Crippen LogP contribution in [-0.2, 0) is 16.0 Å². The van der Waals surface area contributed by atoms with Crippen molar-refractivity contribution in [3.8, 4) is 0 Å². The smallest absolute Gasteiger partial charge is 0.310 e. The van der Waals surface area contributed by atoms with Crippen LogP contribution in [0.2, 0.25) is 5.02 Å². The number of carbonyl (C=O) groups excluding carboxylic acids is 2. The molecule has 0 amide bonds. The predicted molar refractivity (Wildman–Crippen MR) is 116 cm³/mol. The number of anilines is 2. The van der Waals surface area contributed by atoms with Crippen LogP contribution in [0.1, 0.15) is 34.0 Å². The molecule has 0 atom stereocenters. The molecule has 0 radical (unpaired) electrons. The maximum Gasteiger partial charge on any atom is 0.310 e. The summed E-state index contributed by atoms with van der Waals surface area (Å²) in [6.07, 6.45) is 0.175. The Bertz CT molecular complexity index is 1050. The molecule has 0 aliphatic rings. The molecule has 0 saturated carbocycles. The Hall–Kier alpha value is -3.11. The number of nitrogens with one attached hydrogen (secondary N) is 1. The van der Waals surface area contributed by atoms with Crippen LogP contribution in [0.5, 0.6) is 0 Å². The first kappa shape index (κ1) is 20.6. The van der Waals surface area contributed by atoms with Crippen LogP contribution in [-0.4, -0.2) is 18.4 Å². The van der Waals surface area contributed by atoms with E-state index in [0.29, 0.717) is 22.8 Å². The number of hydrogen-bond acceptors (Lipinski definition) is 4. The Kier molecular flexibility index (Phi) is 6.68. The van der Waals surface area contributed by atoms with Gasteiger partial charge in [-0.3, -0.25) is 9.59 Å². The van der Waals surface area contributed by atoms with Crippen LogP contribution in [0.15, 0.2) is 66.7 Å². The van der Waals surface area contributed by atoms with Crippen molar-refractivity contribution in [2.75, 3.05) is 11.9 Å². The van der Waals surface area contributed by atoms with Crippen molar-refractivity contribution < 1.29 is 14.3 Å². The fourth-order valence-electron chi connectivity index (χ4n) is 3.07. The number of hydrogen-bond donors (Lipinski definition) is 1. The highest BCUT2D eigenvalue weighted by molar-refractivity contribution is 6.35. The Morgan fingerprint density at radius 3 is 2.41 bits per heavy atom. The molecule has 1 N–H and O–H groups in total. The van der Waals surface area contributed by atoms with Crippen LogP contribution in [0.3, 0.4) is 0 Å². The summed E-state index contributed by atoms with van der Waals surface area (Å²) in [6, 6.07) is 20.2. The molecule has 4 nitrogen and oxygen atoms in total. The van der Waals surface area contributed by atoms with Gasteiger partial charge in [-0.1, -0.05) is 54.1 Å². The molecule has 0 heterocycles. The van der Waals surface area contributed by atoms with Crippen molar-refractivity contribution in [2.24, 2.45) is 0 Å². The normalized spacial score (nSPS) is 10.4. The van der Waals surface area contributed by atoms with Gasteiger partial charge in [-0.25, -0.2) is 0 Å². The molecule has 0 unspecified atom stereocenters. The molecule has 3 rings (SSSR count). The quantitative estimate of drug-likeness (QED) is 0.401. The molecule has 0 saturated heterocycles. The summed E-state index contributed by atoms with van der Waals surface area (Å²) >= 11 is 6.42. The van der Waals surface area contributed by atoms with Crippen LogP contribution in [0.4, 0.5) is 11.4 Å². The lowest BCUT2D eigenvalue weighted by Gasteiger charge is -2.13. The number of ketones is 1. The molecule has 0 fully saturated rings. The first-order valence-corrected chi connectivity index (χ1v) is 9.77. The number of esters is 1. The first-order chi connectivity index (χ1) is 14.0. The zero-order chi connectivity index (χ0) is 20.8. The van der Waals surface area contributed by atoms with Gasteiger partial charge < -0.3 is 10.1 Å². The van der Waals surface area contributed by atoms with Crippen LogP contribution >= 0.6 is 11.6 Å². The van der Waals surface area contributed by atoms with E-state index in [0.717, 1.165) is 22.5 Å². The van der Waals surface area contributed by atoms with E-state index in [1.165, 1.54) is 0 Å². The van der Waals surface area contributed by atoms with Gasteiger partial charge in [0.25, 0.3) is 0 Å². The van der Waals surface area contributed by atoms with Crippen molar-refractivity contribution in [2.45, 2.75) is 20.3 Å². The van der Waals surface area contributed by atoms with Gasteiger partial charge in [0.05, 0.1) is 18.1 Å². The van der Waals surface area contributed by atoms with E-state index >= 15 is 0 Å². The molecular weight excluding hydrogens is 386 g/mol. The first-order valence-electron chi connectivity index (χ1n) is 9.40. The number of para-hydroxylation sites is 1. The second kappa shape index (κ2) is 9.39. The fourth-order valence-corrected chi connectivity index (χ4v) is 3.34. The Balaban J connectivity index is 1.82. The summed E-state index contributed by atoms with van der Waals surface area (Å²) in [5.41, 5.74) is 4.33. The van der Waals surface area contributed by atoms with E-state index in [9.17, 15) is 9.59 Å². The average Bonchev–Trinajstić information content (AvgIpc) is 2.70. The molecule has 0 spiro atoms. The molecular formula is C24H22ClNO3. The van der Waals surface area contributed by atoms with Gasteiger partial charge >= 0.3 is 5.97 Å². The third kappa shape index (κ3) is 5.04. The lowest BCUT2D eigenvalue weighted by atomic mass is 9.99. The number of halogens is 1. The second-order valence-corrected chi connectivity index (χ2v) is 7.01. The van der Waals surface area contributed by atoms with E-state index < -0.39 is 0 Å². The second-order valence-electron chi connectivity index (χ2n) is 6.60. The Labute approximate surface area is 175 Å². The van der Waals surface area contributed by atoms with Gasteiger partial charge in [-0.2, -0.15) is 0 Å². The van der Waals surface area contributed by atoms with Gasteiger partial charge in [0.2, 0.25) is 0 Å². The van der Waals surface area contributed by atoms with E-state index in [1.54, 1.807) is 31.2 Å². The van der Waals surface area contributed by atoms with Gasteiger partial charge in [0, 0.05) is 22.5 Å². The number of carbonyl (C=O) groups is 2. The molecule has 0 bridgehead atoms. The summed E-state index contributed by atoms with van der Waals surface area (Å²) in [7, 11) is 0. The van der Waals surface area contributed by atoms with Gasteiger partial charge in [-0.15, -0.1) is 0 Å². The van der Waals surface area contributed by atoms with Crippen molar-refractivity contribution in [3.05, 3.63) is 94.0 Å². The maximum absolute atomic E-state index is 12.8. The SMILES string of the molecule is CCOC(=O)Cc1ccccc1Nc1ccc(C(=O)c2ccccc2C)c(Cl)c1. The number of ether oxygens (including phenoxy) is 1. The number of rotatable bonds is 7. The molecule has 5 heteroatoms. The fraction of sp³-hybridized carbons (Fsp3) is 0.167. The lowest BCUT2D eigenvalue weighted by Crippen LogP contribution is -2.09. The summed E-state index contributed by atoms with van der Waals surface area (Å²) in [5.74, 6) is -0.388. The third-order valence-electron chi connectivity index (χ3n) is 4.54. The Morgan fingerprint density at radius 2 is 1.69 bits per heavy atom. The highest BCUT2D eigenvalue weighted by atomic mass is 35.5.